The van der Waals surface area contributed by atoms with E-state index in [-0.39, 0.29) is 18.3 Å². The van der Waals surface area contributed by atoms with Crippen LogP contribution in [0.1, 0.15) is 46.1 Å². The van der Waals surface area contributed by atoms with Crippen LogP contribution in [0.5, 0.6) is 0 Å². The number of benzene rings is 1. The summed E-state index contributed by atoms with van der Waals surface area (Å²) in [5.41, 5.74) is 1.72. The van der Waals surface area contributed by atoms with E-state index >= 15 is 0 Å². The minimum absolute atomic E-state index is 0.174. The molecule has 0 spiro atoms. The van der Waals surface area contributed by atoms with Crippen LogP contribution in [0, 0.1) is 5.82 Å². The fraction of sp³-hybridized carbons (Fsp3) is 0.500. The molecule has 142 valence electrons. The molecule has 4 nitrogen and oxygen atoms in total. The third kappa shape index (κ3) is 6.83. The third-order valence-electron chi connectivity index (χ3n) is 3.61. The van der Waals surface area contributed by atoms with Crippen molar-refractivity contribution in [2.45, 2.75) is 51.9 Å². The highest BCUT2D eigenvalue weighted by Gasteiger charge is 2.23. The zero-order valence-electron chi connectivity index (χ0n) is 15.9. The second-order valence-electron chi connectivity index (χ2n) is 7.31. The van der Waals surface area contributed by atoms with Gasteiger partial charge in [0.1, 0.15) is 18.0 Å². The number of esters is 1. The predicted molar refractivity (Wildman–Crippen MR) is 106 cm³/mol. The highest BCUT2D eigenvalue weighted by atomic mass is 32.2. The summed E-state index contributed by atoms with van der Waals surface area (Å²) in [6.07, 6.45) is 3.91. The second-order valence-corrected chi connectivity index (χ2v) is 8.25. The summed E-state index contributed by atoms with van der Waals surface area (Å²) in [6.45, 7) is 8.57. The molecule has 1 aliphatic heterocycles. The Morgan fingerprint density at radius 1 is 1.31 bits per heavy atom. The van der Waals surface area contributed by atoms with Crippen molar-refractivity contribution in [3.8, 4) is 0 Å². The first kappa shape index (κ1) is 20.5. The minimum Gasteiger partial charge on any atom is -0.459 e. The number of ether oxygens (including phenoxy) is 1. The lowest BCUT2D eigenvalue weighted by Crippen LogP contribution is -2.39. The zero-order valence-corrected chi connectivity index (χ0v) is 16.7. The first-order valence-corrected chi connectivity index (χ1v) is 9.85. The maximum Gasteiger partial charge on any atom is 0.326 e. The smallest absolute Gasteiger partial charge is 0.326 e. The van der Waals surface area contributed by atoms with Crippen molar-refractivity contribution < 1.29 is 13.9 Å². The molecule has 6 heteroatoms. The summed E-state index contributed by atoms with van der Waals surface area (Å²) in [7, 11) is 0. The average Bonchev–Trinajstić information content (AvgIpc) is 2.54. The van der Waals surface area contributed by atoms with Gasteiger partial charge in [-0.2, -0.15) is 0 Å². The average molecular weight is 379 g/mol. The van der Waals surface area contributed by atoms with Crippen molar-refractivity contribution in [2.24, 2.45) is 4.99 Å². The van der Waals surface area contributed by atoms with E-state index < -0.39 is 5.60 Å². The van der Waals surface area contributed by atoms with Gasteiger partial charge in [0.2, 0.25) is 0 Å². The lowest BCUT2D eigenvalue weighted by Gasteiger charge is -2.30. The molecule has 0 N–H and O–H groups in total. The quantitative estimate of drug-likeness (QED) is 0.670. The fourth-order valence-corrected chi connectivity index (χ4v) is 3.48. The van der Waals surface area contributed by atoms with Crippen LogP contribution in [0.25, 0.3) is 0 Å². The summed E-state index contributed by atoms with van der Waals surface area (Å²) >= 11 is 1.55. The Kier molecular flexibility index (Phi) is 7.26. The molecule has 0 atom stereocenters. The molecule has 0 fully saturated rings. The number of thioether (sulfide) groups is 1. The Labute approximate surface area is 159 Å². The molecule has 2 rings (SSSR count). The summed E-state index contributed by atoms with van der Waals surface area (Å²) in [5, 5.41) is 0.792. The number of carbonyl (C=O) groups is 1. The van der Waals surface area contributed by atoms with Crippen LogP contribution in [0.15, 0.2) is 41.0 Å². The van der Waals surface area contributed by atoms with Gasteiger partial charge in [-0.1, -0.05) is 37.2 Å². The monoisotopic (exact) mass is 378 g/mol. The molecule has 0 saturated carbocycles. The summed E-state index contributed by atoms with van der Waals surface area (Å²) in [5.74, 6) is 0.165. The number of nitrogens with zero attached hydrogens (tertiary/aromatic N) is 2. The van der Waals surface area contributed by atoms with E-state index in [1.165, 1.54) is 17.7 Å². The molecular formula is C20H27FN2O2S. The third-order valence-corrected chi connectivity index (χ3v) is 4.71. The van der Waals surface area contributed by atoms with Gasteiger partial charge >= 0.3 is 5.97 Å². The van der Waals surface area contributed by atoms with E-state index in [9.17, 15) is 9.18 Å². The van der Waals surface area contributed by atoms with Gasteiger partial charge in [0.05, 0.1) is 0 Å². The van der Waals surface area contributed by atoms with E-state index in [4.69, 9.17) is 4.74 Å². The Balaban J connectivity index is 2.05. The number of hydrogen-bond donors (Lipinski definition) is 0. The Hall–Kier alpha value is -1.82. The summed E-state index contributed by atoms with van der Waals surface area (Å²) < 4.78 is 18.5. The first-order chi connectivity index (χ1) is 12.3. The lowest BCUT2D eigenvalue weighted by atomic mass is 10.1. The molecule has 1 aromatic carbocycles. The van der Waals surface area contributed by atoms with Gasteiger partial charge in [0.15, 0.2) is 5.17 Å². The molecule has 0 aliphatic carbocycles. The molecule has 0 saturated heterocycles. The van der Waals surface area contributed by atoms with Gasteiger partial charge in [-0.15, -0.1) is 0 Å². The molecule has 0 amide bonds. The van der Waals surface area contributed by atoms with Crippen LogP contribution >= 0.6 is 11.8 Å². The van der Waals surface area contributed by atoms with Crippen molar-refractivity contribution in [3.63, 3.8) is 0 Å². The predicted octanol–water partition coefficient (Wildman–Crippen LogP) is 4.76. The number of hydrogen-bond acceptors (Lipinski definition) is 5. The van der Waals surface area contributed by atoms with E-state index in [1.807, 2.05) is 31.9 Å². The number of halogens is 1. The molecule has 0 unspecified atom stereocenters. The Morgan fingerprint density at radius 3 is 2.62 bits per heavy atom. The van der Waals surface area contributed by atoms with Crippen LogP contribution in [-0.4, -0.2) is 34.7 Å². The maximum atomic E-state index is 13.0. The van der Waals surface area contributed by atoms with Crippen molar-refractivity contribution in [1.82, 2.24) is 4.90 Å². The molecule has 0 radical (unpaired) electrons. The van der Waals surface area contributed by atoms with Gasteiger partial charge < -0.3 is 9.64 Å². The van der Waals surface area contributed by atoms with Crippen LogP contribution in [0.3, 0.4) is 0 Å². The number of amidine groups is 1. The largest absolute Gasteiger partial charge is 0.459 e. The SMILES string of the molecule is CCCC1=CN=C(SCc2ccc(F)cc2)N(CC(=O)OC(C)(C)C)C1. The molecule has 1 aliphatic rings. The molecule has 0 aromatic heterocycles. The topological polar surface area (TPSA) is 41.9 Å². The van der Waals surface area contributed by atoms with Gasteiger partial charge in [0, 0.05) is 18.5 Å². The van der Waals surface area contributed by atoms with E-state index in [1.54, 1.807) is 23.9 Å². The van der Waals surface area contributed by atoms with Gasteiger partial charge in [0.25, 0.3) is 0 Å². The Bertz CT molecular complexity index is 678. The van der Waals surface area contributed by atoms with Crippen molar-refractivity contribution >= 4 is 22.9 Å². The fourth-order valence-electron chi connectivity index (χ4n) is 2.56. The number of aliphatic imine (C=N–C) groups is 1. The van der Waals surface area contributed by atoms with E-state index in [0.29, 0.717) is 12.3 Å². The maximum absolute atomic E-state index is 13.0. The number of carbonyl (C=O) groups excluding carboxylic acids is 1. The van der Waals surface area contributed by atoms with E-state index in [2.05, 4.69) is 11.9 Å². The van der Waals surface area contributed by atoms with Crippen molar-refractivity contribution in [3.05, 3.63) is 47.4 Å². The highest BCUT2D eigenvalue weighted by molar-refractivity contribution is 8.13. The van der Waals surface area contributed by atoms with E-state index in [0.717, 1.165) is 23.6 Å². The molecule has 1 heterocycles. The molecule has 26 heavy (non-hydrogen) atoms. The van der Waals surface area contributed by atoms with Gasteiger partial charge in [-0.05, 0) is 50.5 Å². The lowest BCUT2D eigenvalue weighted by molar-refractivity contribution is -0.155. The molecular weight excluding hydrogens is 351 g/mol. The zero-order chi connectivity index (χ0) is 19.2. The van der Waals surface area contributed by atoms with Crippen LogP contribution in [0.2, 0.25) is 0 Å². The summed E-state index contributed by atoms with van der Waals surface area (Å²) in [4.78, 5) is 18.8. The highest BCUT2D eigenvalue weighted by Crippen LogP contribution is 2.23. The van der Waals surface area contributed by atoms with Gasteiger partial charge in [-0.25, -0.2) is 9.38 Å². The number of rotatable bonds is 6. The first-order valence-electron chi connectivity index (χ1n) is 8.86. The minimum atomic E-state index is -0.506. The standard InChI is InChI=1S/C20H27FN2O2S/c1-5-6-16-11-22-19(26-14-15-7-9-17(21)10-8-15)23(12-16)13-18(24)25-20(2,3)4/h7-11H,5-6,12-14H2,1-4H3. The summed E-state index contributed by atoms with van der Waals surface area (Å²) in [6, 6.07) is 6.44. The van der Waals surface area contributed by atoms with Crippen molar-refractivity contribution in [1.29, 1.82) is 0 Å². The van der Waals surface area contributed by atoms with Crippen LogP contribution in [0.4, 0.5) is 4.39 Å². The molecule has 1 aromatic rings. The van der Waals surface area contributed by atoms with Crippen LogP contribution < -0.4 is 0 Å². The second kappa shape index (κ2) is 9.21. The van der Waals surface area contributed by atoms with Gasteiger partial charge in [-0.3, -0.25) is 4.79 Å². The normalized spacial score (nSPS) is 14.7. The van der Waals surface area contributed by atoms with Crippen molar-refractivity contribution in [2.75, 3.05) is 13.1 Å². The van der Waals surface area contributed by atoms with Crippen LogP contribution in [-0.2, 0) is 15.3 Å². The Morgan fingerprint density at radius 2 is 2.00 bits per heavy atom. The molecule has 0 bridgehead atoms.